The van der Waals surface area contributed by atoms with Gasteiger partial charge in [-0.25, -0.2) is 0 Å². The molecule has 66 heavy (non-hydrogen) atoms. The third-order valence-electron chi connectivity index (χ3n) is 12.1. The highest BCUT2D eigenvalue weighted by Crippen LogP contribution is 2.26. The molecule has 2 aliphatic rings. The van der Waals surface area contributed by atoms with Crippen LogP contribution in [0.3, 0.4) is 0 Å². The zero-order chi connectivity index (χ0) is 48.2. The van der Waals surface area contributed by atoms with Gasteiger partial charge in [0.25, 0.3) is 0 Å². The van der Waals surface area contributed by atoms with Crippen LogP contribution < -0.4 is 0 Å². The van der Waals surface area contributed by atoms with Crippen LogP contribution in [-0.4, -0.2) is 142 Å². The third kappa shape index (κ3) is 26.5. The molecule has 0 aromatic carbocycles. The Hall–Kier alpha value is -2.28. The van der Waals surface area contributed by atoms with Gasteiger partial charge < -0.3 is 64.2 Å². The standard InChI is InChI=1S/C51H90O15/c1-3-5-7-9-11-13-15-17-19-21-23-25-27-29-31-33-42(53)61-36-39(64-43(54)34-32-30-28-26-24-22-20-18-16-14-12-10-8-6-4-2)37-62-50-49(60)47(58)45(56)41(66-50)38-63-51-48(59)46(57)44(55)40(35-52)65-51/h17-20,24,26,39-41,44-52,55-60H,3-16,21-23,25,27-38H2,1-2H3/b19-17+,20-18+,26-24+/t39-,40-,41-,44+,45+,46?,47?,48?,49?,50-,51-/m1/s1. The number of carbonyl (C=O) groups excluding carboxylic acids is 2. The van der Waals surface area contributed by atoms with Gasteiger partial charge in [0.05, 0.1) is 19.8 Å². The molecule has 2 fully saturated rings. The minimum atomic E-state index is -1.77. The van der Waals surface area contributed by atoms with E-state index in [0.29, 0.717) is 12.8 Å². The Labute approximate surface area is 395 Å². The number of hydrogen-bond donors (Lipinski definition) is 7. The van der Waals surface area contributed by atoms with E-state index in [-0.39, 0.29) is 19.4 Å². The van der Waals surface area contributed by atoms with Crippen molar-refractivity contribution in [2.45, 2.75) is 248 Å². The molecule has 2 heterocycles. The first kappa shape index (κ1) is 59.8. The summed E-state index contributed by atoms with van der Waals surface area (Å²) in [5, 5.41) is 72.0. The van der Waals surface area contributed by atoms with Gasteiger partial charge in [-0.05, 0) is 70.6 Å². The summed E-state index contributed by atoms with van der Waals surface area (Å²) >= 11 is 0. The van der Waals surface area contributed by atoms with E-state index in [0.717, 1.165) is 64.2 Å². The number of esters is 2. The average Bonchev–Trinajstić information content (AvgIpc) is 3.31. The van der Waals surface area contributed by atoms with Crippen LogP contribution in [0.5, 0.6) is 0 Å². The molecule has 4 unspecified atom stereocenters. The van der Waals surface area contributed by atoms with Gasteiger partial charge in [0.1, 0.15) is 55.4 Å². The molecule has 0 aromatic heterocycles. The quantitative estimate of drug-likeness (QED) is 0.0188. The Morgan fingerprint density at radius 1 is 0.485 bits per heavy atom. The molecule has 15 heteroatoms. The number of ether oxygens (including phenoxy) is 6. The fraction of sp³-hybridized carbons (Fsp3) is 0.843. The number of hydrogen-bond acceptors (Lipinski definition) is 15. The smallest absolute Gasteiger partial charge is 0.306 e. The highest BCUT2D eigenvalue weighted by Gasteiger charge is 2.47. The molecule has 0 aliphatic carbocycles. The molecule has 11 atom stereocenters. The minimum Gasteiger partial charge on any atom is -0.462 e. The molecule has 15 nitrogen and oxygen atoms in total. The molecule has 0 aromatic rings. The van der Waals surface area contributed by atoms with Crippen molar-refractivity contribution in [2.75, 3.05) is 26.4 Å². The largest absolute Gasteiger partial charge is 0.462 e. The van der Waals surface area contributed by atoms with Crippen LogP contribution in [0.15, 0.2) is 36.5 Å². The molecule has 0 amide bonds. The normalized spacial score (nSPS) is 26.4. The highest BCUT2D eigenvalue weighted by atomic mass is 16.7. The number of unbranched alkanes of at least 4 members (excludes halogenated alkanes) is 19. The number of aliphatic hydroxyl groups is 7. The van der Waals surface area contributed by atoms with E-state index in [1.54, 1.807) is 0 Å². The lowest BCUT2D eigenvalue weighted by Crippen LogP contribution is -2.61. The van der Waals surface area contributed by atoms with Gasteiger partial charge in [-0.2, -0.15) is 0 Å². The SMILES string of the molecule is CCCCCCCC/C=C/C/C=C/CCCCC(=O)O[C@H](COC(=O)CCCCCCC/C=C/CCCCCCCC)CO[C@@H]1O[C@H](CO[C@@H]2O[C@H](CO)[C@H](O)C(O)C2O)[C@H](O)C(O)C1O. The number of aliphatic hydroxyl groups excluding tert-OH is 7. The predicted molar refractivity (Wildman–Crippen MR) is 252 cm³/mol. The Morgan fingerprint density at radius 3 is 1.45 bits per heavy atom. The summed E-state index contributed by atoms with van der Waals surface area (Å²) in [4.78, 5) is 25.7. The van der Waals surface area contributed by atoms with Crippen molar-refractivity contribution in [3.63, 3.8) is 0 Å². The Bertz CT molecular complexity index is 1290. The van der Waals surface area contributed by atoms with Crippen molar-refractivity contribution in [1.29, 1.82) is 0 Å². The number of rotatable bonds is 39. The molecule has 0 radical (unpaired) electrons. The van der Waals surface area contributed by atoms with E-state index in [9.17, 15) is 45.3 Å². The van der Waals surface area contributed by atoms with Crippen LogP contribution in [-0.2, 0) is 38.0 Å². The Morgan fingerprint density at radius 2 is 0.909 bits per heavy atom. The second-order valence-corrected chi connectivity index (χ2v) is 18.0. The zero-order valence-corrected chi connectivity index (χ0v) is 40.4. The lowest BCUT2D eigenvalue weighted by molar-refractivity contribution is -0.332. The maximum Gasteiger partial charge on any atom is 0.306 e. The van der Waals surface area contributed by atoms with Crippen molar-refractivity contribution in [3.05, 3.63) is 36.5 Å². The summed E-state index contributed by atoms with van der Waals surface area (Å²) in [5.41, 5.74) is 0. The van der Waals surface area contributed by atoms with Crippen molar-refractivity contribution in [1.82, 2.24) is 0 Å². The number of allylic oxidation sites excluding steroid dienone is 6. The summed E-state index contributed by atoms with van der Waals surface area (Å²) in [7, 11) is 0. The van der Waals surface area contributed by atoms with Crippen molar-refractivity contribution in [2.24, 2.45) is 0 Å². The van der Waals surface area contributed by atoms with Crippen molar-refractivity contribution >= 4 is 11.9 Å². The van der Waals surface area contributed by atoms with Crippen LogP contribution in [0.2, 0.25) is 0 Å². The first-order valence-corrected chi connectivity index (χ1v) is 25.6. The third-order valence-corrected chi connectivity index (χ3v) is 12.1. The monoisotopic (exact) mass is 943 g/mol. The van der Waals surface area contributed by atoms with Gasteiger partial charge in [0, 0.05) is 12.8 Å². The van der Waals surface area contributed by atoms with E-state index >= 15 is 0 Å². The summed E-state index contributed by atoms with van der Waals surface area (Å²) in [6, 6.07) is 0. The fourth-order valence-corrected chi connectivity index (χ4v) is 7.83. The van der Waals surface area contributed by atoms with E-state index in [1.807, 2.05) is 0 Å². The number of carbonyl (C=O) groups is 2. The molecular formula is C51H90O15. The maximum atomic E-state index is 13.0. The van der Waals surface area contributed by atoms with E-state index in [4.69, 9.17) is 28.4 Å². The Kier molecular flexibility index (Phi) is 35.0. The van der Waals surface area contributed by atoms with Gasteiger partial charge in [-0.3, -0.25) is 9.59 Å². The molecular weight excluding hydrogens is 853 g/mol. The molecule has 0 spiro atoms. The van der Waals surface area contributed by atoms with Gasteiger partial charge >= 0.3 is 11.9 Å². The molecule has 0 bridgehead atoms. The van der Waals surface area contributed by atoms with Gasteiger partial charge in [-0.15, -0.1) is 0 Å². The van der Waals surface area contributed by atoms with E-state index in [1.165, 1.54) is 77.0 Å². The second-order valence-electron chi connectivity index (χ2n) is 18.0. The lowest BCUT2D eigenvalue weighted by Gasteiger charge is -2.42. The van der Waals surface area contributed by atoms with Crippen LogP contribution >= 0.6 is 0 Å². The molecule has 2 saturated heterocycles. The molecule has 7 N–H and O–H groups in total. The van der Waals surface area contributed by atoms with Gasteiger partial charge in [-0.1, -0.05) is 134 Å². The first-order valence-electron chi connectivity index (χ1n) is 25.6. The Balaban J connectivity index is 1.84. The molecule has 2 rings (SSSR count). The molecule has 0 saturated carbocycles. The molecule has 2 aliphatic heterocycles. The van der Waals surface area contributed by atoms with Crippen molar-refractivity contribution in [3.8, 4) is 0 Å². The van der Waals surface area contributed by atoms with Crippen LogP contribution in [0.25, 0.3) is 0 Å². The van der Waals surface area contributed by atoms with Gasteiger partial charge in [0.15, 0.2) is 18.7 Å². The molecule has 384 valence electrons. The highest BCUT2D eigenvalue weighted by molar-refractivity contribution is 5.70. The first-order chi connectivity index (χ1) is 32.0. The summed E-state index contributed by atoms with van der Waals surface area (Å²) in [6.07, 6.45) is 23.2. The predicted octanol–water partition coefficient (Wildman–Crippen LogP) is 6.93. The second kappa shape index (κ2) is 38.6. The average molecular weight is 943 g/mol. The fourth-order valence-electron chi connectivity index (χ4n) is 7.83. The van der Waals surface area contributed by atoms with E-state index < -0.39 is 99.3 Å². The van der Waals surface area contributed by atoms with Gasteiger partial charge in [0.2, 0.25) is 0 Å². The zero-order valence-electron chi connectivity index (χ0n) is 40.4. The summed E-state index contributed by atoms with van der Waals surface area (Å²) < 4.78 is 33.5. The van der Waals surface area contributed by atoms with Crippen molar-refractivity contribution < 1.29 is 73.8 Å². The van der Waals surface area contributed by atoms with Crippen LogP contribution in [0.4, 0.5) is 0 Å². The lowest BCUT2D eigenvalue weighted by atomic mass is 9.98. The topological polar surface area (TPSA) is 231 Å². The minimum absolute atomic E-state index is 0.121. The summed E-state index contributed by atoms with van der Waals surface area (Å²) in [6.45, 7) is 2.53. The van der Waals surface area contributed by atoms with Crippen LogP contribution in [0, 0.1) is 0 Å². The maximum absolute atomic E-state index is 13.0. The van der Waals surface area contributed by atoms with Crippen LogP contribution in [0.1, 0.15) is 181 Å². The summed E-state index contributed by atoms with van der Waals surface area (Å²) in [5.74, 6) is -0.972. The van der Waals surface area contributed by atoms with E-state index in [2.05, 4.69) is 50.3 Å².